The van der Waals surface area contributed by atoms with Gasteiger partial charge in [0, 0.05) is 17.5 Å². The summed E-state index contributed by atoms with van der Waals surface area (Å²) >= 11 is 0. The van der Waals surface area contributed by atoms with Crippen molar-refractivity contribution in [3.8, 4) is 5.75 Å². The molecular weight excluding hydrogens is 408 g/mol. The fourth-order valence-electron chi connectivity index (χ4n) is 3.18. The van der Waals surface area contributed by atoms with Gasteiger partial charge in [0.15, 0.2) is 0 Å². The number of hydrogen-bond acceptors (Lipinski definition) is 4. The van der Waals surface area contributed by atoms with Gasteiger partial charge >= 0.3 is 5.97 Å². The van der Waals surface area contributed by atoms with Gasteiger partial charge in [0.2, 0.25) is 0 Å². The molecule has 0 saturated carbocycles. The predicted molar refractivity (Wildman–Crippen MR) is 122 cm³/mol. The molecule has 164 valence electrons. The Labute approximate surface area is 185 Å². The maximum Gasteiger partial charge on any atom is 0.305 e. The van der Waals surface area contributed by atoms with E-state index in [-0.39, 0.29) is 18.7 Å². The SMILES string of the molecule is CCOc1ccc(/C=C(\NC(=O)c2ccccc2)C(=O)NCCC(=O)O)c2ccccc12. The van der Waals surface area contributed by atoms with E-state index in [0.717, 1.165) is 16.5 Å². The van der Waals surface area contributed by atoms with E-state index in [1.54, 1.807) is 36.4 Å². The van der Waals surface area contributed by atoms with Gasteiger partial charge in [-0.05, 0) is 42.1 Å². The van der Waals surface area contributed by atoms with Gasteiger partial charge in [0.1, 0.15) is 11.4 Å². The normalized spacial score (nSPS) is 11.1. The van der Waals surface area contributed by atoms with E-state index < -0.39 is 17.8 Å². The highest BCUT2D eigenvalue weighted by Crippen LogP contribution is 2.29. The molecule has 3 aromatic rings. The lowest BCUT2D eigenvalue weighted by molar-refractivity contribution is -0.136. The minimum absolute atomic E-state index is 0.0126. The highest BCUT2D eigenvalue weighted by Gasteiger charge is 2.16. The largest absolute Gasteiger partial charge is 0.493 e. The van der Waals surface area contributed by atoms with Crippen molar-refractivity contribution in [2.24, 2.45) is 0 Å². The topological polar surface area (TPSA) is 105 Å². The van der Waals surface area contributed by atoms with Crippen molar-refractivity contribution in [1.29, 1.82) is 0 Å². The number of amides is 2. The maximum atomic E-state index is 12.8. The number of carboxylic acids is 1. The van der Waals surface area contributed by atoms with Crippen molar-refractivity contribution in [1.82, 2.24) is 10.6 Å². The summed E-state index contributed by atoms with van der Waals surface area (Å²) in [6, 6.07) is 19.8. The zero-order valence-corrected chi connectivity index (χ0v) is 17.6. The lowest BCUT2D eigenvalue weighted by Crippen LogP contribution is -2.35. The Hall–Kier alpha value is -4.13. The van der Waals surface area contributed by atoms with Crippen LogP contribution in [0.1, 0.15) is 29.3 Å². The zero-order chi connectivity index (χ0) is 22.9. The third-order valence-electron chi connectivity index (χ3n) is 4.67. The van der Waals surface area contributed by atoms with E-state index >= 15 is 0 Å². The molecule has 7 nitrogen and oxygen atoms in total. The number of carbonyl (C=O) groups is 3. The van der Waals surface area contributed by atoms with Crippen LogP contribution in [0.3, 0.4) is 0 Å². The highest BCUT2D eigenvalue weighted by atomic mass is 16.5. The molecule has 0 aliphatic carbocycles. The zero-order valence-electron chi connectivity index (χ0n) is 17.6. The van der Waals surface area contributed by atoms with Gasteiger partial charge in [-0.25, -0.2) is 0 Å². The molecule has 0 spiro atoms. The number of rotatable bonds is 9. The molecule has 0 aliphatic heterocycles. The third-order valence-corrected chi connectivity index (χ3v) is 4.67. The number of ether oxygens (including phenoxy) is 1. The fourth-order valence-corrected chi connectivity index (χ4v) is 3.18. The molecule has 7 heteroatoms. The minimum Gasteiger partial charge on any atom is -0.493 e. The second-order valence-electron chi connectivity index (χ2n) is 6.91. The predicted octanol–water partition coefficient (Wildman–Crippen LogP) is 3.60. The van der Waals surface area contributed by atoms with Crippen LogP contribution in [-0.4, -0.2) is 36.0 Å². The van der Waals surface area contributed by atoms with Crippen LogP contribution >= 0.6 is 0 Å². The minimum atomic E-state index is -1.03. The van der Waals surface area contributed by atoms with Gasteiger partial charge in [0.25, 0.3) is 11.8 Å². The first-order valence-corrected chi connectivity index (χ1v) is 10.2. The molecule has 0 aromatic heterocycles. The summed E-state index contributed by atoms with van der Waals surface area (Å²) in [5.41, 5.74) is 1.12. The first-order chi connectivity index (χ1) is 15.5. The Morgan fingerprint density at radius 3 is 2.31 bits per heavy atom. The fraction of sp³-hybridized carbons (Fsp3) is 0.160. The molecule has 0 aliphatic rings. The van der Waals surface area contributed by atoms with E-state index in [9.17, 15) is 14.4 Å². The molecule has 0 heterocycles. The second-order valence-corrected chi connectivity index (χ2v) is 6.91. The molecule has 0 saturated heterocycles. The Kier molecular flexibility index (Phi) is 7.59. The first-order valence-electron chi connectivity index (χ1n) is 10.2. The van der Waals surface area contributed by atoms with Crippen molar-refractivity contribution in [2.75, 3.05) is 13.2 Å². The third kappa shape index (κ3) is 5.72. The summed E-state index contributed by atoms with van der Waals surface area (Å²) in [4.78, 5) is 36.3. The number of aliphatic carboxylic acids is 1. The van der Waals surface area contributed by atoms with E-state index in [2.05, 4.69) is 10.6 Å². The van der Waals surface area contributed by atoms with Crippen LogP contribution < -0.4 is 15.4 Å². The molecule has 3 N–H and O–H groups in total. The van der Waals surface area contributed by atoms with Gasteiger partial charge in [-0.15, -0.1) is 0 Å². The number of nitrogens with one attached hydrogen (secondary N) is 2. The number of carboxylic acid groups (broad SMARTS) is 1. The number of benzene rings is 3. The summed E-state index contributed by atoms with van der Waals surface area (Å²) in [6.45, 7) is 2.36. The molecule has 0 radical (unpaired) electrons. The van der Waals surface area contributed by atoms with Crippen LogP contribution in [-0.2, 0) is 9.59 Å². The first kappa shape index (κ1) is 22.6. The molecule has 0 fully saturated rings. The van der Waals surface area contributed by atoms with Crippen LogP contribution in [0.25, 0.3) is 16.8 Å². The van der Waals surface area contributed by atoms with Crippen LogP contribution in [0, 0.1) is 0 Å². The van der Waals surface area contributed by atoms with Gasteiger partial charge < -0.3 is 20.5 Å². The number of fused-ring (bicyclic) bond motifs is 1. The Morgan fingerprint density at radius 2 is 1.62 bits per heavy atom. The van der Waals surface area contributed by atoms with Gasteiger partial charge in [-0.3, -0.25) is 14.4 Å². The maximum absolute atomic E-state index is 12.8. The molecule has 3 aromatic carbocycles. The standard InChI is InChI=1S/C25H24N2O5/c1-2-32-22-13-12-18(19-10-6-7-11-20(19)22)16-21(25(31)26-15-14-23(28)29)27-24(30)17-8-4-3-5-9-17/h3-13,16H,2,14-15H2,1H3,(H,26,31)(H,27,30)(H,28,29)/b21-16-. The van der Waals surface area contributed by atoms with Crippen LogP contribution in [0.15, 0.2) is 72.4 Å². The van der Waals surface area contributed by atoms with Crippen LogP contribution in [0.4, 0.5) is 0 Å². The molecule has 0 unspecified atom stereocenters. The number of carbonyl (C=O) groups excluding carboxylic acids is 2. The lowest BCUT2D eigenvalue weighted by Gasteiger charge is -2.13. The smallest absolute Gasteiger partial charge is 0.305 e. The lowest BCUT2D eigenvalue weighted by atomic mass is 10.0. The summed E-state index contributed by atoms with van der Waals surface area (Å²) in [5.74, 6) is -1.32. The van der Waals surface area contributed by atoms with Gasteiger partial charge in [-0.2, -0.15) is 0 Å². The number of hydrogen-bond donors (Lipinski definition) is 3. The average Bonchev–Trinajstić information content (AvgIpc) is 2.80. The molecular formula is C25H24N2O5. The van der Waals surface area contributed by atoms with Crippen LogP contribution in [0.5, 0.6) is 5.75 Å². The Morgan fingerprint density at radius 1 is 0.938 bits per heavy atom. The average molecular weight is 432 g/mol. The van der Waals surface area contributed by atoms with E-state index in [1.807, 2.05) is 43.3 Å². The molecule has 3 rings (SSSR count). The highest BCUT2D eigenvalue weighted by molar-refractivity contribution is 6.07. The molecule has 0 bridgehead atoms. The molecule has 0 atom stereocenters. The monoisotopic (exact) mass is 432 g/mol. The van der Waals surface area contributed by atoms with Gasteiger partial charge in [-0.1, -0.05) is 48.5 Å². The van der Waals surface area contributed by atoms with E-state index in [1.165, 1.54) is 0 Å². The summed E-state index contributed by atoms with van der Waals surface area (Å²) in [7, 11) is 0. The summed E-state index contributed by atoms with van der Waals surface area (Å²) in [5, 5.41) is 15.8. The van der Waals surface area contributed by atoms with Crippen molar-refractivity contribution in [2.45, 2.75) is 13.3 Å². The van der Waals surface area contributed by atoms with Crippen molar-refractivity contribution in [3.05, 3.63) is 83.6 Å². The van der Waals surface area contributed by atoms with Gasteiger partial charge in [0.05, 0.1) is 13.0 Å². The van der Waals surface area contributed by atoms with Crippen LogP contribution in [0.2, 0.25) is 0 Å². The van der Waals surface area contributed by atoms with Crippen molar-refractivity contribution >= 4 is 34.6 Å². The molecule has 2 amide bonds. The molecule has 32 heavy (non-hydrogen) atoms. The quantitative estimate of drug-likeness (QED) is 0.448. The Balaban J connectivity index is 1.98. The summed E-state index contributed by atoms with van der Waals surface area (Å²) in [6.07, 6.45) is 1.35. The van der Waals surface area contributed by atoms with Crippen molar-refractivity contribution in [3.63, 3.8) is 0 Å². The second kappa shape index (κ2) is 10.8. The van der Waals surface area contributed by atoms with E-state index in [4.69, 9.17) is 9.84 Å². The summed E-state index contributed by atoms with van der Waals surface area (Å²) < 4.78 is 5.70. The Bertz CT molecular complexity index is 1160. The van der Waals surface area contributed by atoms with Crippen molar-refractivity contribution < 1.29 is 24.2 Å². The van der Waals surface area contributed by atoms with E-state index in [0.29, 0.717) is 17.7 Å².